The fourth-order valence-electron chi connectivity index (χ4n) is 2.43. The molecule has 1 heterocycles. The smallest absolute Gasteiger partial charge is 0.306 e. The van der Waals surface area contributed by atoms with E-state index in [9.17, 15) is 9.90 Å². The van der Waals surface area contributed by atoms with Gasteiger partial charge in [0, 0.05) is 6.04 Å². The van der Waals surface area contributed by atoms with Gasteiger partial charge in [-0.25, -0.2) is 0 Å². The van der Waals surface area contributed by atoms with Crippen LogP contribution in [-0.2, 0) is 4.79 Å². The number of aliphatic carboxylic acids is 1. The van der Waals surface area contributed by atoms with Crippen molar-refractivity contribution in [1.82, 2.24) is 4.90 Å². The third-order valence-corrected chi connectivity index (χ3v) is 3.47. The van der Waals surface area contributed by atoms with Crippen molar-refractivity contribution in [3.8, 4) is 5.75 Å². The van der Waals surface area contributed by atoms with E-state index in [-0.39, 0.29) is 17.7 Å². The first-order valence-electron chi connectivity index (χ1n) is 5.80. The van der Waals surface area contributed by atoms with Gasteiger partial charge in [-0.3, -0.25) is 9.69 Å². The predicted octanol–water partition coefficient (Wildman–Crippen LogP) is 1.86. The van der Waals surface area contributed by atoms with Gasteiger partial charge in [0.2, 0.25) is 0 Å². The number of carboxylic acids is 1. The van der Waals surface area contributed by atoms with E-state index in [2.05, 4.69) is 4.90 Å². The molecule has 0 saturated carbocycles. The van der Waals surface area contributed by atoms with Crippen molar-refractivity contribution in [3.05, 3.63) is 29.8 Å². The van der Waals surface area contributed by atoms with Crippen molar-refractivity contribution in [1.29, 1.82) is 0 Å². The number of hydrogen-bond donors (Lipinski definition) is 2. The summed E-state index contributed by atoms with van der Waals surface area (Å²) >= 11 is 0. The summed E-state index contributed by atoms with van der Waals surface area (Å²) in [4.78, 5) is 13.2. The van der Waals surface area contributed by atoms with Gasteiger partial charge in [0.15, 0.2) is 0 Å². The Morgan fingerprint density at radius 1 is 1.47 bits per heavy atom. The molecule has 0 amide bonds. The highest BCUT2D eigenvalue weighted by Gasteiger charge is 2.31. The number of carboxylic acid groups (broad SMARTS) is 1. The summed E-state index contributed by atoms with van der Waals surface area (Å²) in [5.74, 6) is -0.768. The van der Waals surface area contributed by atoms with E-state index in [0.717, 1.165) is 12.1 Å². The van der Waals surface area contributed by atoms with Crippen molar-refractivity contribution < 1.29 is 15.0 Å². The standard InChI is InChI=1S/C13H17NO3/c1-14-6-5-10(13(16)17)8-12(14)9-3-2-4-11(15)7-9/h2-4,7,10,12,15H,5-6,8H2,1H3,(H,16,17). The van der Waals surface area contributed by atoms with E-state index < -0.39 is 5.97 Å². The van der Waals surface area contributed by atoms with Gasteiger partial charge in [-0.2, -0.15) is 0 Å². The molecule has 4 heteroatoms. The van der Waals surface area contributed by atoms with Gasteiger partial charge in [0.05, 0.1) is 5.92 Å². The summed E-state index contributed by atoms with van der Waals surface area (Å²) in [6.07, 6.45) is 1.30. The number of hydrogen-bond acceptors (Lipinski definition) is 3. The fraction of sp³-hybridized carbons (Fsp3) is 0.462. The quantitative estimate of drug-likeness (QED) is 0.821. The van der Waals surface area contributed by atoms with Crippen LogP contribution in [0.3, 0.4) is 0 Å². The van der Waals surface area contributed by atoms with Crippen LogP contribution in [0.1, 0.15) is 24.4 Å². The normalized spacial score (nSPS) is 25.7. The molecule has 2 atom stereocenters. The number of rotatable bonds is 2. The fourth-order valence-corrected chi connectivity index (χ4v) is 2.43. The first-order valence-corrected chi connectivity index (χ1v) is 5.80. The molecule has 2 rings (SSSR count). The number of phenolic OH excluding ortho intramolecular Hbond substituents is 1. The molecule has 0 radical (unpaired) electrons. The Bertz CT molecular complexity index is 419. The average molecular weight is 235 g/mol. The minimum atomic E-state index is -0.719. The van der Waals surface area contributed by atoms with Crippen LogP contribution in [0, 0.1) is 5.92 Å². The zero-order valence-electron chi connectivity index (χ0n) is 9.84. The van der Waals surface area contributed by atoms with Crippen LogP contribution in [0.25, 0.3) is 0 Å². The molecule has 2 unspecified atom stereocenters. The van der Waals surface area contributed by atoms with Gasteiger partial charge >= 0.3 is 5.97 Å². The highest BCUT2D eigenvalue weighted by molar-refractivity contribution is 5.70. The highest BCUT2D eigenvalue weighted by Crippen LogP contribution is 2.34. The minimum Gasteiger partial charge on any atom is -0.508 e. The zero-order valence-corrected chi connectivity index (χ0v) is 9.84. The Kier molecular flexibility index (Phi) is 3.33. The largest absolute Gasteiger partial charge is 0.508 e. The van der Waals surface area contributed by atoms with Crippen LogP contribution in [-0.4, -0.2) is 34.7 Å². The molecule has 1 aromatic rings. The summed E-state index contributed by atoms with van der Waals surface area (Å²) in [5.41, 5.74) is 0.985. The lowest BCUT2D eigenvalue weighted by Crippen LogP contribution is -2.36. The number of aromatic hydroxyl groups is 1. The minimum absolute atomic E-state index is 0.0805. The van der Waals surface area contributed by atoms with Gasteiger partial charge in [-0.05, 0) is 44.1 Å². The molecule has 1 saturated heterocycles. The van der Waals surface area contributed by atoms with E-state index in [0.29, 0.717) is 12.8 Å². The van der Waals surface area contributed by atoms with Crippen molar-refractivity contribution in [3.63, 3.8) is 0 Å². The molecule has 1 aliphatic rings. The summed E-state index contributed by atoms with van der Waals surface area (Å²) in [7, 11) is 1.99. The molecule has 0 aliphatic carbocycles. The van der Waals surface area contributed by atoms with Crippen molar-refractivity contribution >= 4 is 5.97 Å². The molecule has 92 valence electrons. The summed E-state index contributed by atoms with van der Waals surface area (Å²) in [6, 6.07) is 7.15. The number of phenols is 1. The van der Waals surface area contributed by atoms with Crippen LogP contribution in [0.4, 0.5) is 0 Å². The zero-order chi connectivity index (χ0) is 12.4. The van der Waals surface area contributed by atoms with Crippen LogP contribution in [0.2, 0.25) is 0 Å². The van der Waals surface area contributed by atoms with Gasteiger partial charge in [0.25, 0.3) is 0 Å². The van der Waals surface area contributed by atoms with E-state index in [1.807, 2.05) is 13.1 Å². The Balaban J connectivity index is 2.20. The molecule has 1 fully saturated rings. The van der Waals surface area contributed by atoms with Gasteiger partial charge in [0.1, 0.15) is 5.75 Å². The molecular formula is C13H17NO3. The maximum absolute atomic E-state index is 11.0. The Labute approximate surface area is 100 Å². The lowest BCUT2D eigenvalue weighted by atomic mass is 9.87. The van der Waals surface area contributed by atoms with Crippen LogP contribution < -0.4 is 0 Å². The lowest BCUT2D eigenvalue weighted by molar-refractivity contribution is -0.144. The first-order chi connectivity index (χ1) is 8.08. The molecule has 1 aromatic carbocycles. The van der Waals surface area contributed by atoms with E-state index in [1.54, 1.807) is 18.2 Å². The topological polar surface area (TPSA) is 60.8 Å². The Hall–Kier alpha value is -1.55. The Morgan fingerprint density at radius 2 is 2.24 bits per heavy atom. The second kappa shape index (κ2) is 4.75. The van der Waals surface area contributed by atoms with Crippen molar-refractivity contribution in [2.24, 2.45) is 5.92 Å². The van der Waals surface area contributed by atoms with Gasteiger partial charge in [-0.1, -0.05) is 12.1 Å². The second-order valence-corrected chi connectivity index (χ2v) is 4.65. The number of piperidine rings is 1. The third-order valence-electron chi connectivity index (χ3n) is 3.47. The third kappa shape index (κ3) is 2.58. The van der Waals surface area contributed by atoms with Crippen molar-refractivity contribution in [2.75, 3.05) is 13.6 Å². The predicted molar refractivity (Wildman–Crippen MR) is 63.8 cm³/mol. The summed E-state index contributed by atoms with van der Waals surface area (Å²) in [6.45, 7) is 0.775. The average Bonchev–Trinajstić information content (AvgIpc) is 2.29. The molecule has 1 aliphatic heterocycles. The molecule has 17 heavy (non-hydrogen) atoms. The van der Waals surface area contributed by atoms with E-state index in [4.69, 9.17) is 5.11 Å². The SMILES string of the molecule is CN1CCC(C(=O)O)CC1c1cccc(O)c1. The Morgan fingerprint density at radius 3 is 2.88 bits per heavy atom. The van der Waals surface area contributed by atoms with Crippen LogP contribution >= 0.6 is 0 Å². The van der Waals surface area contributed by atoms with Crippen molar-refractivity contribution in [2.45, 2.75) is 18.9 Å². The number of benzene rings is 1. The van der Waals surface area contributed by atoms with E-state index >= 15 is 0 Å². The first kappa shape index (κ1) is 11.9. The molecule has 0 aromatic heterocycles. The number of nitrogens with zero attached hydrogens (tertiary/aromatic N) is 1. The highest BCUT2D eigenvalue weighted by atomic mass is 16.4. The lowest BCUT2D eigenvalue weighted by Gasteiger charge is -2.35. The maximum atomic E-state index is 11.0. The monoisotopic (exact) mass is 235 g/mol. The van der Waals surface area contributed by atoms with Crippen LogP contribution in [0.15, 0.2) is 24.3 Å². The van der Waals surface area contributed by atoms with Gasteiger partial charge in [-0.15, -0.1) is 0 Å². The molecule has 4 nitrogen and oxygen atoms in total. The molecule has 0 spiro atoms. The molecular weight excluding hydrogens is 218 g/mol. The molecule has 0 bridgehead atoms. The maximum Gasteiger partial charge on any atom is 0.306 e. The van der Waals surface area contributed by atoms with E-state index in [1.165, 1.54) is 0 Å². The van der Waals surface area contributed by atoms with Gasteiger partial charge < -0.3 is 10.2 Å². The second-order valence-electron chi connectivity index (χ2n) is 4.65. The number of carbonyl (C=O) groups is 1. The summed E-state index contributed by atoms with van der Waals surface area (Å²) < 4.78 is 0. The number of likely N-dealkylation sites (tertiary alicyclic amines) is 1. The molecule has 2 N–H and O–H groups in total. The summed E-state index contributed by atoms with van der Waals surface area (Å²) in [5, 5.41) is 18.5. The van der Waals surface area contributed by atoms with Crippen LogP contribution in [0.5, 0.6) is 5.75 Å².